The third-order valence-electron chi connectivity index (χ3n) is 2.48. The van der Waals surface area contributed by atoms with Gasteiger partial charge in [0.15, 0.2) is 11.5 Å². The molecule has 0 fully saturated rings. The number of hydrogen-bond donors (Lipinski definition) is 3. The lowest BCUT2D eigenvalue weighted by Gasteiger charge is -2.07. The summed E-state index contributed by atoms with van der Waals surface area (Å²) in [4.78, 5) is 15.9. The Bertz CT molecular complexity index is 597. The first-order valence-corrected chi connectivity index (χ1v) is 5.33. The Balaban J connectivity index is 2.22. The number of phenolic OH excluding ortho intramolecular Hbond substituents is 2. The third-order valence-corrected chi connectivity index (χ3v) is 2.48. The highest BCUT2D eigenvalue weighted by atomic mass is 16.3. The van der Waals surface area contributed by atoms with Crippen molar-refractivity contribution in [1.82, 2.24) is 4.98 Å². The molecule has 1 heterocycles. The van der Waals surface area contributed by atoms with Crippen LogP contribution in [-0.4, -0.2) is 21.1 Å². The fraction of sp³-hybridized carbons (Fsp3) is 0.0769. The lowest BCUT2D eigenvalue weighted by molar-refractivity contribution is 0.102. The van der Waals surface area contributed by atoms with Crippen molar-refractivity contribution in [2.45, 2.75) is 6.92 Å². The topological polar surface area (TPSA) is 82.5 Å². The first-order valence-electron chi connectivity index (χ1n) is 5.33. The van der Waals surface area contributed by atoms with Gasteiger partial charge in [0.25, 0.3) is 5.91 Å². The average molecular weight is 244 g/mol. The van der Waals surface area contributed by atoms with E-state index in [0.717, 1.165) is 5.56 Å². The van der Waals surface area contributed by atoms with Gasteiger partial charge in [0.1, 0.15) is 5.82 Å². The lowest BCUT2D eigenvalue weighted by Crippen LogP contribution is -2.13. The number of rotatable bonds is 2. The highest BCUT2D eigenvalue weighted by molar-refractivity contribution is 6.04. The molecule has 0 unspecified atom stereocenters. The number of hydrogen-bond acceptors (Lipinski definition) is 4. The molecule has 0 bridgehead atoms. The van der Waals surface area contributed by atoms with Gasteiger partial charge in [-0.15, -0.1) is 0 Å². The molecule has 0 aliphatic heterocycles. The minimum absolute atomic E-state index is 0.246. The number of carbonyl (C=O) groups is 1. The summed E-state index contributed by atoms with van der Waals surface area (Å²) >= 11 is 0. The number of amides is 1. The van der Waals surface area contributed by atoms with Crippen LogP contribution < -0.4 is 5.32 Å². The maximum Gasteiger partial charge on any atom is 0.256 e. The molecule has 0 saturated heterocycles. The number of nitrogens with one attached hydrogen (secondary N) is 1. The van der Waals surface area contributed by atoms with E-state index < -0.39 is 5.91 Å². The van der Waals surface area contributed by atoms with Crippen LogP contribution in [0.2, 0.25) is 0 Å². The van der Waals surface area contributed by atoms with Crippen LogP contribution in [0, 0.1) is 6.92 Å². The second kappa shape index (κ2) is 4.75. The zero-order chi connectivity index (χ0) is 13.1. The van der Waals surface area contributed by atoms with Crippen molar-refractivity contribution in [2.75, 3.05) is 5.32 Å². The Morgan fingerprint density at radius 2 is 2.00 bits per heavy atom. The molecule has 1 aromatic heterocycles. The standard InChI is InChI=1S/C13H12N2O3/c1-8-3-2-6-14-12(8)15-13(18)9-4-5-10(16)11(17)7-9/h2-7,16-17H,1H3,(H,14,15,18). The van der Waals surface area contributed by atoms with Crippen LogP contribution >= 0.6 is 0 Å². The van der Waals surface area contributed by atoms with Gasteiger partial charge in [-0.05, 0) is 36.8 Å². The molecule has 3 N–H and O–H groups in total. The van der Waals surface area contributed by atoms with Gasteiger partial charge in [0.05, 0.1) is 0 Å². The average Bonchev–Trinajstić information content (AvgIpc) is 2.35. The van der Waals surface area contributed by atoms with Crippen molar-refractivity contribution in [3.8, 4) is 11.5 Å². The van der Waals surface area contributed by atoms with E-state index in [1.54, 1.807) is 12.3 Å². The smallest absolute Gasteiger partial charge is 0.256 e. The summed E-state index contributed by atoms with van der Waals surface area (Å²) in [6.07, 6.45) is 1.58. The molecule has 0 saturated carbocycles. The first kappa shape index (κ1) is 11.9. The number of aryl methyl sites for hydroxylation is 1. The normalized spacial score (nSPS) is 10.1. The maximum absolute atomic E-state index is 11.9. The maximum atomic E-state index is 11.9. The van der Waals surface area contributed by atoms with E-state index in [1.807, 2.05) is 13.0 Å². The van der Waals surface area contributed by atoms with E-state index in [-0.39, 0.29) is 17.1 Å². The SMILES string of the molecule is Cc1cccnc1NC(=O)c1ccc(O)c(O)c1. The van der Waals surface area contributed by atoms with Gasteiger partial charge < -0.3 is 15.5 Å². The number of anilines is 1. The van der Waals surface area contributed by atoms with E-state index in [0.29, 0.717) is 5.82 Å². The van der Waals surface area contributed by atoms with Gasteiger partial charge in [-0.2, -0.15) is 0 Å². The summed E-state index contributed by atoms with van der Waals surface area (Å²) in [6.45, 7) is 1.83. The molecule has 0 spiro atoms. The summed E-state index contributed by atoms with van der Waals surface area (Å²) in [5.41, 5.74) is 1.09. The number of aromatic nitrogens is 1. The van der Waals surface area contributed by atoms with Crippen LogP contribution in [0.5, 0.6) is 11.5 Å². The lowest BCUT2D eigenvalue weighted by atomic mass is 10.2. The molecule has 2 rings (SSSR count). The molecule has 0 aliphatic rings. The molecule has 5 heteroatoms. The van der Waals surface area contributed by atoms with E-state index in [2.05, 4.69) is 10.3 Å². The van der Waals surface area contributed by atoms with Crippen LogP contribution in [-0.2, 0) is 0 Å². The summed E-state index contributed by atoms with van der Waals surface area (Å²) in [6, 6.07) is 7.48. The third kappa shape index (κ3) is 2.40. The van der Waals surface area contributed by atoms with E-state index in [4.69, 9.17) is 5.11 Å². The number of carbonyl (C=O) groups excluding carboxylic acids is 1. The summed E-state index contributed by atoms with van der Waals surface area (Å²) in [5.74, 6) is -0.525. The van der Waals surface area contributed by atoms with Gasteiger partial charge in [0, 0.05) is 11.8 Å². The fourth-order valence-corrected chi connectivity index (χ4v) is 1.46. The molecule has 18 heavy (non-hydrogen) atoms. The molecule has 1 amide bonds. The number of pyridine rings is 1. The molecule has 92 valence electrons. The zero-order valence-electron chi connectivity index (χ0n) is 9.71. The van der Waals surface area contributed by atoms with Crippen molar-refractivity contribution in [3.05, 3.63) is 47.7 Å². The fourth-order valence-electron chi connectivity index (χ4n) is 1.46. The molecule has 5 nitrogen and oxygen atoms in total. The van der Waals surface area contributed by atoms with Gasteiger partial charge in [0.2, 0.25) is 0 Å². The minimum Gasteiger partial charge on any atom is -0.504 e. The monoisotopic (exact) mass is 244 g/mol. The summed E-state index contributed by atoms with van der Waals surface area (Å²) in [5, 5.41) is 21.1. The van der Waals surface area contributed by atoms with Crippen molar-refractivity contribution in [1.29, 1.82) is 0 Å². The molecular weight excluding hydrogens is 232 g/mol. The van der Waals surface area contributed by atoms with Crippen LogP contribution in [0.4, 0.5) is 5.82 Å². The van der Waals surface area contributed by atoms with E-state index in [1.165, 1.54) is 18.2 Å². The van der Waals surface area contributed by atoms with Crippen LogP contribution in [0.25, 0.3) is 0 Å². The number of aromatic hydroxyl groups is 2. The Morgan fingerprint density at radius 1 is 1.22 bits per heavy atom. The Morgan fingerprint density at radius 3 is 2.67 bits per heavy atom. The quantitative estimate of drug-likeness (QED) is 0.706. The molecule has 2 aromatic rings. The summed E-state index contributed by atoms with van der Waals surface area (Å²) < 4.78 is 0. The van der Waals surface area contributed by atoms with Crippen molar-refractivity contribution in [3.63, 3.8) is 0 Å². The second-order valence-electron chi connectivity index (χ2n) is 3.83. The number of phenols is 2. The van der Waals surface area contributed by atoms with Gasteiger partial charge in [-0.3, -0.25) is 4.79 Å². The molecular formula is C13H12N2O3. The van der Waals surface area contributed by atoms with Crippen molar-refractivity contribution < 1.29 is 15.0 Å². The highest BCUT2D eigenvalue weighted by Crippen LogP contribution is 2.25. The van der Waals surface area contributed by atoms with Crippen molar-refractivity contribution >= 4 is 11.7 Å². The van der Waals surface area contributed by atoms with Gasteiger partial charge in [-0.25, -0.2) is 4.98 Å². The van der Waals surface area contributed by atoms with E-state index >= 15 is 0 Å². The number of benzene rings is 1. The highest BCUT2D eigenvalue weighted by Gasteiger charge is 2.10. The van der Waals surface area contributed by atoms with Crippen LogP contribution in [0.3, 0.4) is 0 Å². The minimum atomic E-state index is -0.396. The Kier molecular flexibility index (Phi) is 3.14. The Labute approximate surface area is 104 Å². The Hall–Kier alpha value is -2.56. The van der Waals surface area contributed by atoms with Crippen LogP contribution in [0.15, 0.2) is 36.5 Å². The number of nitrogens with zero attached hydrogens (tertiary/aromatic N) is 1. The van der Waals surface area contributed by atoms with Gasteiger partial charge >= 0.3 is 0 Å². The largest absolute Gasteiger partial charge is 0.504 e. The van der Waals surface area contributed by atoms with E-state index in [9.17, 15) is 9.90 Å². The first-order chi connectivity index (χ1) is 8.58. The molecule has 0 aliphatic carbocycles. The molecule has 0 atom stereocenters. The predicted octanol–water partition coefficient (Wildman–Crippen LogP) is 2.05. The van der Waals surface area contributed by atoms with Crippen molar-refractivity contribution in [2.24, 2.45) is 0 Å². The predicted molar refractivity (Wildman–Crippen MR) is 66.7 cm³/mol. The molecule has 1 aromatic carbocycles. The zero-order valence-corrected chi connectivity index (χ0v) is 9.71. The molecule has 0 radical (unpaired) electrons. The van der Waals surface area contributed by atoms with Crippen LogP contribution in [0.1, 0.15) is 15.9 Å². The summed E-state index contributed by atoms with van der Waals surface area (Å²) in [7, 11) is 0. The van der Waals surface area contributed by atoms with Gasteiger partial charge in [-0.1, -0.05) is 6.07 Å². The second-order valence-corrected chi connectivity index (χ2v) is 3.83.